The van der Waals surface area contributed by atoms with Crippen LogP contribution in [0.4, 0.5) is 0 Å². The van der Waals surface area contributed by atoms with E-state index in [9.17, 15) is 5.26 Å². The summed E-state index contributed by atoms with van der Waals surface area (Å²) in [6.07, 6.45) is 0. The number of rotatable bonds is 2. The lowest BCUT2D eigenvalue weighted by Gasteiger charge is -2.06. The monoisotopic (exact) mass is 471 g/mol. The summed E-state index contributed by atoms with van der Waals surface area (Å²) in [5, 5.41) is 12.4. The predicted molar refractivity (Wildman–Crippen MR) is 137 cm³/mol. The molecule has 3 aromatic heterocycles. The van der Waals surface area contributed by atoms with Crippen LogP contribution in [0.5, 0.6) is 0 Å². The van der Waals surface area contributed by atoms with Crippen molar-refractivity contribution in [2.24, 2.45) is 0 Å². The summed E-state index contributed by atoms with van der Waals surface area (Å²) >= 11 is 5.99. The standard InChI is InChI=1S/C29H14ClN3O2/c30-29-32-23(15-31)28-26(33-29)22-13-12-18(14-25(22)35-28)16-8-10-17(11-9-16)19-5-3-6-21-20-4-1-2-7-24(20)34-27(19)21/h1-14H. The lowest BCUT2D eigenvalue weighted by atomic mass is 9.98. The van der Waals surface area contributed by atoms with Crippen molar-refractivity contribution in [2.75, 3.05) is 0 Å². The summed E-state index contributed by atoms with van der Waals surface area (Å²) in [7, 11) is 0. The molecule has 6 heteroatoms. The number of nitriles is 1. The molecule has 0 aliphatic carbocycles. The molecule has 35 heavy (non-hydrogen) atoms. The van der Waals surface area contributed by atoms with Gasteiger partial charge in [0.15, 0.2) is 11.3 Å². The molecule has 0 unspecified atom stereocenters. The Labute approximate surface area is 203 Å². The van der Waals surface area contributed by atoms with E-state index in [1.807, 2.05) is 42.5 Å². The fourth-order valence-electron chi connectivity index (χ4n) is 4.69. The zero-order valence-corrected chi connectivity index (χ0v) is 18.9. The van der Waals surface area contributed by atoms with Crippen LogP contribution in [0.1, 0.15) is 5.69 Å². The minimum atomic E-state index is 0.0240. The first-order valence-electron chi connectivity index (χ1n) is 11.0. The third-order valence-electron chi connectivity index (χ3n) is 6.33. The number of benzene rings is 4. The molecule has 0 radical (unpaired) electrons. The number of halogens is 1. The summed E-state index contributed by atoms with van der Waals surface area (Å²) in [4.78, 5) is 8.22. The maximum atomic E-state index is 9.38. The average molecular weight is 472 g/mol. The number of fused-ring (bicyclic) bond motifs is 6. The van der Waals surface area contributed by atoms with Crippen LogP contribution < -0.4 is 0 Å². The Morgan fingerprint density at radius 1 is 0.657 bits per heavy atom. The highest BCUT2D eigenvalue weighted by molar-refractivity contribution is 6.29. The molecule has 0 atom stereocenters. The van der Waals surface area contributed by atoms with E-state index in [4.69, 9.17) is 20.4 Å². The molecule has 0 N–H and O–H groups in total. The normalized spacial score (nSPS) is 11.5. The van der Waals surface area contributed by atoms with Gasteiger partial charge in [-0.1, -0.05) is 66.7 Å². The number of aromatic nitrogens is 2. The second-order valence-corrected chi connectivity index (χ2v) is 8.64. The maximum Gasteiger partial charge on any atom is 0.224 e. The van der Waals surface area contributed by atoms with E-state index in [0.29, 0.717) is 16.7 Å². The van der Waals surface area contributed by atoms with Crippen molar-refractivity contribution in [3.8, 4) is 28.3 Å². The number of hydrogen-bond donors (Lipinski definition) is 0. The largest absolute Gasteiger partial charge is 0.455 e. The molecule has 0 saturated heterocycles. The van der Waals surface area contributed by atoms with E-state index in [-0.39, 0.29) is 11.0 Å². The van der Waals surface area contributed by atoms with Gasteiger partial charge >= 0.3 is 0 Å². The molecule has 0 aliphatic rings. The summed E-state index contributed by atoms with van der Waals surface area (Å²) in [5.74, 6) is 0. The van der Waals surface area contributed by atoms with Crippen LogP contribution in [0.15, 0.2) is 93.8 Å². The Hall–Kier alpha value is -4.66. The van der Waals surface area contributed by atoms with Crippen LogP contribution in [0, 0.1) is 11.3 Å². The van der Waals surface area contributed by atoms with Gasteiger partial charge in [-0.3, -0.25) is 0 Å². The zero-order chi connectivity index (χ0) is 23.5. The van der Waals surface area contributed by atoms with Crippen molar-refractivity contribution in [1.82, 2.24) is 9.97 Å². The molecule has 5 nitrogen and oxygen atoms in total. The predicted octanol–water partition coefficient (Wildman–Crippen LogP) is 8.13. The van der Waals surface area contributed by atoms with Crippen LogP contribution in [0.25, 0.3) is 66.3 Å². The number of furan rings is 2. The van der Waals surface area contributed by atoms with E-state index in [2.05, 4.69) is 58.5 Å². The molecular formula is C29H14ClN3O2. The van der Waals surface area contributed by atoms with Crippen LogP contribution >= 0.6 is 11.6 Å². The molecule has 0 aliphatic heterocycles. The Kier molecular flexibility index (Phi) is 4.19. The van der Waals surface area contributed by atoms with Gasteiger partial charge in [-0.2, -0.15) is 5.26 Å². The SMILES string of the molecule is N#Cc1nc(Cl)nc2c1oc1cc(-c3ccc(-c4cccc5c4oc4ccccc45)cc3)ccc12. The molecule has 4 aromatic carbocycles. The smallest absolute Gasteiger partial charge is 0.224 e. The fraction of sp³-hybridized carbons (Fsp3) is 0. The van der Waals surface area contributed by atoms with Gasteiger partial charge < -0.3 is 8.83 Å². The molecule has 0 saturated carbocycles. The van der Waals surface area contributed by atoms with Gasteiger partial charge in [-0.25, -0.2) is 9.97 Å². The van der Waals surface area contributed by atoms with Gasteiger partial charge in [0.05, 0.1) is 0 Å². The first kappa shape index (κ1) is 19.8. The van der Waals surface area contributed by atoms with E-state index in [1.165, 1.54) is 0 Å². The Morgan fingerprint density at radius 3 is 2.26 bits per heavy atom. The first-order valence-corrected chi connectivity index (χ1v) is 11.4. The molecule has 7 aromatic rings. The topological polar surface area (TPSA) is 75.8 Å². The minimum Gasteiger partial charge on any atom is -0.455 e. The molecule has 3 heterocycles. The molecule has 0 spiro atoms. The molecular weight excluding hydrogens is 458 g/mol. The Balaban J connectivity index is 1.32. The van der Waals surface area contributed by atoms with E-state index in [0.717, 1.165) is 49.6 Å². The second kappa shape index (κ2) is 7.42. The quantitative estimate of drug-likeness (QED) is 0.238. The number of hydrogen-bond acceptors (Lipinski definition) is 5. The average Bonchev–Trinajstić information content (AvgIpc) is 3.46. The summed E-state index contributed by atoms with van der Waals surface area (Å²) < 4.78 is 12.1. The van der Waals surface area contributed by atoms with Crippen molar-refractivity contribution in [1.29, 1.82) is 5.26 Å². The third kappa shape index (κ3) is 3.01. The molecule has 0 amide bonds. The molecule has 0 bridgehead atoms. The van der Waals surface area contributed by atoms with Gasteiger partial charge in [-0.15, -0.1) is 0 Å². The van der Waals surface area contributed by atoms with Crippen LogP contribution in [0.3, 0.4) is 0 Å². The van der Waals surface area contributed by atoms with Crippen molar-refractivity contribution in [3.05, 3.63) is 95.9 Å². The van der Waals surface area contributed by atoms with Gasteiger partial charge in [0.2, 0.25) is 5.28 Å². The molecule has 7 rings (SSSR count). The minimum absolute atomic E-state index is 0.0240. The lowest BCUT2D eigenvalue weighted by molar-refractivity contribution is 0.664. The van der Waals surface area contributed by atoms with Crippen molar-refractivity contribution in [2.45, 2.75) is 0 Å². The second-order valence-electron chi connectivity index (χ2n) is 8.30. The Bertz CT molecular complexity index is 1980. The zero-order valence-electron chi connectivity index (χ0n) is 18.1. The molecule has 0 fully saturated rings. The highest BCUT2D eigenvalue weighted by Crippen LogP contribution is 2.37. The fourth-order valence-corrected chi connectivity index (χ4v) is 4.86. The van der Waals surface area contributed by atoms with E-state index in [1.54, 1.807) is 0 Å². The van der Waals surface area contributed by atoms with Crippen LogP contribution in [-0.2, 0) is 0 Å². The van der Waals surface area contributed by atoms with Gasteiger partial charge in [0, 0.05) is 21.7 Å². The van der Waals surface area contributed by atoms with Gasteiger partial charge in [0.25, 0.3) is 0 Å². The van der Waals surface area contributed by atoms with Crippen LogP contribution in [0.2, 0.25) is 5.28 Å². The van der Waals surface area contributed by atoms with Gasteiger partial charge in [0.1, 0.15) is 28.3 Å². The number of para-hydroxylation sites is 2. The Morgan fingerprint density at radius 2 is 1.40 bits per heavy atom. The summed E-state index contributed by atoms with van der Waals surface area (Å²) in [6, 6.07) is 30.6. The first-order chi connectivity index (χ1) is 17.2. The van der Waals surface area contributed by atoms with Crippen molar-refractivity contribution >= 4 is 55.6 Å². The van der Waals surface area contributed by atoms with Crippen molar-refractivity contribution in [3.63, 3.8) is 0 Å². The van der Waals surface area contributed by atoms with Gasteiger partial charge in [-0.05, 0) is 46.5 Å². The summed E-state index contributed by atoms with van der Waals surface area (Å²) in [5.41, 5.74) is 7.57. The third-order valence-corrected chi connectivity index (χ3v) is 6.50. The summed E-state index contributed by atoms with van der Waals surface area (Å²) in [6.45, 7) is 0. The lowest BCUT2D eigenvalue weighted by Crippen LogP contribution is -1.87. The van der Waals surface area contributed by atoms with E-state index < -0.39 is 0 Å². The maximum absolute atomic E-state index is 9.38. The van der Waals surface area contributed by atoms with Crippen LogP contribution in [-0.4, -0.2) is 9.97 Å². The highest BCUT2D eigenvalue weighted by Gasteiger charge is 2.16. The van der Waals surface area contributed by atoms with E-state index >= 15 is 0 Å². The number of nitrogens with zero attached hydrogens (tertiary/aromatic N) is 3. The molecule has 164 valence electrons. The highest BCUT2D eigenvalue weighted by atomic mass is 35.5. The van der Waals surface area contributed by atoms with Crippen molar-refractivity contribution < 1.29 is 8.83 Å².